The van der Waals surface area contributed by atoms with Crippen molar-refractivity contribution in [3.63, 3.8) is 0 Å². The summed E-state index contributed by atoms with van der Waals surface area (Å²) in [5.41, 5.74) is 1.45. The van der Waals surface area contributed by atoms with Gasteiger partial charge < -0.3 is 9.67 Å². The number of carboxylic acid groups (broad SMARTS) is 1. The molecule has 7 heteroatoms. The number of benzene rings is 1. The zero-order valence-corrected chi connectivity index (χ0v) is 14.4. The van der Waals surface area contributed by atoms with E-state index in [-0.39, 0.29) is 4.90 Å². The molecule has 1 aliphatic carbocycles. The molecule has 0 amide bonds. The van der Waals surface area contributed by atoms with Crippen molar-refractivity contribution < 1.29 is 18.3 Å². The number of para-hydroxylation sites is 1. The zero-order chi connectivity index (χ0) is 17.5. The monoisotopic (exact) mass is 348 g/mol. The molecule has 2 N–H and O–H groups in total. The van der Waals surface area contributed by atoms with Crippen molar-refractivity contribution >= 4 is 26.9 Å². The number of aryl methyl sites for hydroxylation is 1. The molecule has 24 heavy (non-hydrogen) atoms. The zero-order valence-electron chi connectivity index (χ0n) is 13.6. The molecule has 0 unspecified atom stereocenters. The van der Waals surface area contributed by atoms with Crippen LogP contribution in [0.15, 0.2) is 41.3 Å². The Morgan fingerprint density at radius 2 is 1.92 bits per heavy atom. The maximum absolute atomic E-state index is 13.0. The summed E-state index contributed by atoms with van der Waals surface area (Å²) in [6.45, 7) is 1.75. The number of nitrogens with one attached hydrogen (secondary N) is 1. The summed E-state index contributed by atoms with van der Waals surface area (Å²) in [7, 11) is -2.01. The van der Waals surface area contributed by atoms with E-state index in [1.165, 1.54) is 0 Å². The van der Waals surface area contributed by atoms with Gasteiger partial charge in [0.05, 0.1) is 5.92 Å². The van der Waals surface area contributed by atoms with Gasteiger partial charge in [-0.05, 0) is 25.8 Å². The van der Waals surface area contributed by atoms with E-state index in [0.29, 0.717) is 23.9 Å². The van der Waals surface area contributed by atoms with Gasteiger partial charge in [0.1, 0.15) is 4.90 Å². The summed E-state index contributed by atoms with van der Waals surface area (Å²) in [5.74, 6) is -1.73. The second-order valence-corrected chi connectivity index (χ2v) is 7.76. The molecular formula is C17H20N2O4S. The standard InChI is InChI=1S/C17H20N2O4S/c1-11-16(13-8-4-6-10-15(13)19(11)2)24(22,23)18-14-9-5-3-7-12(14)17(20)21/h3-6,8,10,12,14,18H,7,9H2,1-2H3,(H,20,21)/t12-,14+/m0/s1. The molecule has 0 radical (unpaired) electrons. The van der Waals surface area contributed by atoms with E-state index < -0.39 is 28.0 Å². The summed E-state index contributed by atoms with van der Waals surface area (Å²) in [6, 6.07) is 6.65. The fourth-order valence-corrected chi connectivity index (χ4v) is 5.07. The van der Waals surface area contributed by atoms with Gasteiger partial charge in [0, 0.05) is 29.7 Å². The normalized spacial score (nSPS) is 21.2. The summed E-state index contributed by atoms with van der Waals surface area (Å²) < 4.78 is 30.4. The SMILES string of the molecule is Cc1c(S(=O)(=O)N[C@@H]2CC=CC[C@@H]2C(=O)O)c2ccccc2n1C. The van der Waals surface area contributed by atoms with Crippen LogP contribution in [0, 0.1) is 12.8 Å². The molecule has 1 aromatic heterocycles. The molecule has 2 aromatic rings. The molecular weight excluding hydrogens is 328 g/mol. The Balaban J connectivity index is 2.04. The van der Waals surface area contributed by atoms with E-state index in [9.17, 15) is 18.3 Å². The number of aliphatic carboxylic acids is 1. The first kappa shape index (κ1) is 16.7. The highest BCUT2D eigenvalue weighted by molar-refractivity contribution is 7.89. The van der Waals surface area contributed by atoms with Gasteiger partial charge in [-0.2, -0.15) is 0 Å². The Hall–Kier alpha value is -2.12. The molecule has 0 fully saturated rings. The third-order valence-electron chi connectivity index (χ3n) is 4.67. The van der Waals surface area contributed by atoms with Crippen LogP contribution in [0.3, 0.4) is 0 Å². The minimum Gasteiger partial charge on any atom is -0.481 e. The fraction of sp³-hybridized carbons (Fsp3) is 0.353. The molecule has 6 nitrogen and oxygen atoms in total. The maximum atomic E-state index is 13.0. The molecule has 0 spiro atoms. The minimum atomic E-state index is -3.83. The average molecular weight is 348 g/mol. The van der Waals surface area contributed by atoms with E-state index >= 15 is 0 Å². The second kappa shape index (κ2) is 6.07. The highest BCUT2D eigenvalue weighted by atomic mass is 32.2. The number of carboxylic acids is 1. The summed E-state index contributed by atoms with van der Waals surface area (Å²) in [5, 5.41) is 9.98. The van der Waals surface area contributed by atoms with Gasteiger partial charge in [-0.25, -0.2) is 13.1 Å². The van der Waals surface area contributed by atoms with Crippen LogP contribution in [0.2, 0.25) is 0 Å². The fourth-order valence-electron chi connectivity index (χ4n) is 3.30. The summed E-state index contributed by atoms with van der Waals surface area (Å²) in [6.07, 6.45) is 4.31. The van der Waals surface area contributed by atoms with Gasteiger partial charge in [0.25, 0.3) is 0 Å². The van der Waals surface area contributed by atoms with Gasteiger partial charge in [0.15, 0.2) is 0 Å². The van der Waals surface area contributed by atoms with Crippen LogP contribution in [0.5, 0.6) is 0 Å². The molecule has 0 bridgehead atoms. The number of rotatable bonds is 4. The van der Waals surface area contributed by atoms with Gasteiger partial charge in [-0.1, -0.05) is 30.4 Å². The molecule has 0 saturated heterocycles. The quantitative estimate of drug-likeness (QED) is 0.829. The van der Waals surface area contributed by atoms with Crippen molar-refractivity contribution in [2.75, 3.05) is 0 Å². The lowest BCUT2D eigenvalue weighted by atomic mass is 9.90. The van der Waals surface area contributed by atoms with Gasteiger partial charge in [-0.3, -0.25) is 4.79 Å². The topological polar surface area (TPSA) is 88.4 Å². The second-order valence-electron chi connectivity index (χ2n) is 6.11. The highest BCUT2D eigenvalue weighted by Gasteiger charge is 2.34. The van der Waals surface area contributed by atoms with Crippen molar-refractivity contribution in [3.05, 3.63) is 42.1 Å². The third kappa shape index (κ3) is 2.74. The van der Waals surface area contributed by atoms with Crippen LogP contribution >= 0.6 is 0 Å². The lowest BCUT2D eigenvalue weighted by Gasteiger charge is -2.26. The molecule has 128 valence electrons. The predicted molar refractivity (Wildman–Crippen MR) is 91.3 cm³/mol. The van der Waals surface area contributed by atoms with Crippen LogP contribution in [0.25, 0.3) is 10.9 Å². The smallest absolute Gasteiger partial charge is 0.308 e. The average Bonchev–Trinajstić information content (AvgIpc) is 2.80. The number of nitrogens with zero attached hydrogens (tertiary/aromatic N) is 1. The summed E-state index contributed by atoms with van der Waals surface area (Å²) >= 11 is 0. The third-order valence-corrected chi connectivity index (χ3v) is 6.33. The number of hydrogen-bond acceptors (Lipinski definition) is 3. The van der Waals surface area contributed by atoms with Gasteiger partial charge >= 0.3 is 5.97 Å². The Labute approximate surface area is 140 Å². The van der Waals surface area contributed by atoms with Crippen molar-refractivity contribution in [1.29, 1.82) is 0 Å². The Morgan fingerprint density at radius 1 is 1.25 bits per heavy atom. The van der Waals surface area contributed by atoms with E-state index in [4.69, 9.17) is 0 Å². The summed E-state index contributed by atoms with van der Waals surface area (Å²) in [4.78, 5) is 11.6. The first-order chi connectivity index (χ1) is 11.3. The lowest BCUT2D eigenvalue weighted by molar-refractivity contribution is -0.142. The number of fused-ring (bicyclic) bond motifs is 1. The van der Waals surface area contributed by atoms with Crippen molar-refractivity contribution in [3.8, 4) is 0 Å². The predicted octanol–water partition coefficient (Wildman–Crippen LogP) is 2.18. The number of aromatic nitrogens is 1. The van der Waals surface area contributed by atoms with Crippen LogP contribution in [-0.2, 0) is 21.9 Å². The van der Waals surface area contributed by atoms with Crippen molar-refractivity contribution in [2.45, 2.75) is 30.7 Å². The van der Waals surface area contributed by atoms with Crippen LogP contribution < -0.4 is 4.72 Å². The van der Waals surface area contributed by atoms with Crippen LogP contribution in [0.4, 0.5) is 0 Å². The number of sulfonamides is 1. The molecule has 1 aromatic carbocycles. The minimum absolute atomic E-state index is 0.222. The lowest BCUT2D eigenvalue weighted by Crippen LogP contribution is -2.44. The van der Waals surface area contributed by atoms with Crippen molar-refractivity contribution in [2.24, 2.45) is 13.0 Å². The Kier molecular flexibility index (Phi) is 4.23. The van der Waals surface area contributed by atoms with E-state index in [2.05, 4.69) is 4.72 Å². The number of carbonyl (C=O) groups is 1. The molecule has 2 atom stereocenters. The van der Waals surface area contributed by atoms with E-state index in [0.717, 1.165) is 5.52 Å². The number of hydrogen-bond donors (Lipinski definition) is 2. The van der Waals surface area contributed by atoms with Gasteiger partial charge in [-0.15, -0.1) is 0 Å². The van der Waals surface area contributed by atoms with Gasteiger partial charge in [0.2, 0.25) is 10.0 Å². The first-order valence-corrected chi connectivity index (χ1v) is 9.25. The van der Waals surface area contributed by atoms with E-state index in [1.54, 1.807) is 25.1 Å². The maximum Gasteiger partial charge on any atom is 0.308 e. The highest BCUT2D eigenvalue weighted by Crippen LogP contribution is 2.30. The first-order valence-electron chi connectivity index (χ1n) is 7.77. The Morgan fingerprint density at radius 3 is 2.62 bits per heavy atom. The number of allylic oxidation sites excluding steroid dienone is 1. The molecule has 0 saturated carbocycles. The molecule has 1 heterocycles. The molecule has 3 rings (SSSR count). The molecule has 0 aliphatic heterocycles. The molecule has 1 aliphatic rings. The largest absolute Gasteiger partial charge is 0.481 e. The van der Waals surface area contributed by atoms with Crippen LogP contribution in [0.1, 0.15) is 18.5 Å². The van der Waals surface area contributed by atoms with Crippen LogP contribution in [-0.4, -0.2) is 30.1 Å². The van der Waals surface area contributed by atoms with Crippen molar-refractivity contribution in [1.82, 2.24) is 9.29 Å². The Bertz CT molecular complexity index is 927. The van der Waals surface area contributed by atoms with E-state index in [1.807, 2.05) is 29.8 Å².